The maximum absolute atomic E-state index is 12.1. The lowest BCUT2D eigenvalue weighted by Gasteiger charge is -2.18. The fourth-order valence-electron chi connectivity index (χ4n) is 1.58. The molecule has 0 spiro atoms. The lowest BCUT2D eigenvalue weighted by Crippen LogP contribution is -2.36. The van der Waals surface area contributed by atoms with Crippen molar-refractivity contribution in [3.8, 4) is 0 Å². The molecule has 0 aliphatic carbocycles. The topological polar surface area (TPSA) is 75.3 Å². The first-order valence-electron chi connectivity index (χ1n) is 6.49. The summed E-state index contributed by atoms with van der Waals surface area (Å²) in [6.45, 7) is 7.79. The Kier molecular flexibility index (Phi) is 5.16. The van der Waals surface area contributed by atoms with Gasteiger partial charge in [0.1, 0.15) is 0 Å². The number of nitrogens with one attached hydrogen (secondary N) is 2. The van der Waals surface area contributed by atoms with Crippen LogP contribution in [0.25, 0.3) is 0 Å². The van der Waals surface area contributed by atoms with Gasteiger partial charge in [-0.05, 0) is 43.5 Å². The van der Waals surface area contributed by atoms with E-state index in [0.29, 0.717) is 22.7 Å². The summed E-state index contributed by atoms with van der Waals surface area (Å²) in [4.78, 5) is 12.1. The van der Waals surface area contributed by atoms with Crippen molar-refractivity contribution < 1.29 is 13.2 Å². The molecule has 2 N–H and O–H groups in total. The van der Waals surface area contributed by atoms with Crippen molar-refractivity contribution in [1.29, 1.82) is 0 Å². The molecule has 5 nitrogen and oxygen atoms in total. The number of carbonyl (C=O) groups is 1. The smallest absolute Gasteiger partial charge is 0.251 e. The van der Waals surface area contributed by atoms with Gasteiger partial charge in [0.15, 0.2) is 0 Å². The number of rotatable bonds is 5. The standard InChI is InChI=1S/C14H22N2O3S/c1-9(2)11(4)15-14(17)12-6-7-13(10(3)8-12)16-20(5,18)19/h6-9,11,16H,1-5H3,(H,15,17). The van der Waals surface area contributed by atoms with Crippen LogP contribution in [0.3, 0.4) is 0 Å². The van der Waals surface area contributed by atoms with Gasteiger partial charge in [-0.3, -0.25) is 9.52 Å². The molecule has 112 valence electrons. The highest BCUT2D eigenvalue weighted by atomic mass is 32.2. The Balaban J connectivity index is 2.89. The maximum atomic E-state index is 12.1. The fraction of sp³-hybridized carbons (Fsp3) is 0.500. The molecule has 0 aliphatic heterocycles. The van der Waals surface area contributed by atoms with Gasteiger partial charge in [-0.1, -0.05) is 13.8 Å². The quantitative estimate of drug-likeness (QED) is 0.874. The third kappa shape index (κ3) is 4.85. The van der Waals surface area contributed by atoms with Gasteiger partial charge in [-0.25, -0.2) is 8.42 Å². The van der Waals surface area contributed by atoms with Crippen molar-refractivity contribution in [1.82, 2.24) is 5.32 Å². The lowest BCUT2D eigenvalue weighted by molar-refractivity contribution is 0.0930. The molecule has 1 aromatic carbocycles. The number of aryl methyl sites for hydroxylation is 1. The summed E-state index contributed by atoms with van der Waals surface area (Å²) in [6.07, 6.45) is 1.09. The van der Waals surface area contributed by atoms with Gasteiger partial charge in [0.2, 0.25) is 10.0 Å². The van der Waals surface area contributed by atoms with Gasteiger partial charge < -0.3 is 5.32 Å². The number of anilines is 1. The number of hydrogen-bond acceptors (Lipinski definition) is 3. The molecule has 20 heavy (non-hydrogen) atoms. The first-order valence-corrected chi connectivity index (χ1v) is 8.38. The van der Waals surface area contributed by atoms with E-state index in [4.69, 9.17) is 0 Å². The van der Waals surface area contributed by atoms with Crippen molar-refractivity contribution in [2.24, 2.45) is 5.92 Å². The Hall–Kier alpha value is -1.56. The number of amides is 1. The average Bonchev–Trinajstić information content (AvgIpc) is 2.29. The van der Waals surface area contributed by atoms with E-state index in [1.807, 2.05) is 20.8 Å². The molecule has 1 atom stereocenters. The summed E-state index contributed by atoms with van der Waals surface area (Å²) in [6, 6.07) is 4.97. The predicted molar refractivity (Wildman–Crippen MR) is 81.4 cm³/mol. The molecule has 0 aromatic heterocycles. The van der Waals surface area contributed by atoms with E-state index in [9.17, 15) is 13.2 Å². The Labute approximate surface area is 120 Å². The summed E-state index contributed by atoms with van der Waals surface area (Å²) >= 11 is 0. The van der Waals surface area contributed by atoms with E-state index in [1.54, 1.807) is 25.1 Å². The van der Waals surface area contributed by atoms with Gasteiger partial charge in [0, 0.05) is 11.6 Å². The number of carbonyl (C=O) groups excluding carboxylic acids is 1. The van der Waals surface area contributed by atoms with Crippen molar-refractivity contribution >= 4 is 21.6 Å². The van der Waals surface area contributed by atoms with E-state index in [1.165, 1.54) is 0 Å². The normalized spacial score (nSPS) is 13.1. The van der Waals surface area contributed by atoms with E-state index >= 15 is 0 Å². The molecule has 0 radical (unpaired) electrons. The molecule has 1 rings (SSSR count). The molecule has 0 fully saturated rings. The van der Waals surface area contributed by atoms with Crippen molar-refractivity contribution in [2.45, 2.75) is 33.7 Å². The zero-order valence-electron chi connectivity index (χ0n) is 12.5. The minimum atomic E-state index is -3.31. The fourth-order valence-corrected chi connectivity index (χ4v) is 2.20. The Morgan fingerprint density at radius 1 is 1.20 bits per heavy atom. The highest BCUT2D eigenvalue weighted by molar-refractivity contribution is 7.92. The largest absolute Gasteiger partial charge is 0.349 e. The van der Waals surface area contributed by atoms with Gasteiger partial charge in [-0.15, -0.1) is 0 Å². The van der Waals surface area contributed by atoms with Crippen LogP contribution in [-0.2, 0) is 10.0 Å². The zero-order chi connectivity index (χ0) is 15.5. The molecule has 1 unspecified atom stereocenters. The highest BCUT2D eigenvalue weighted by Gasteiger charge is 2.14. The van der Waals surface area contributed by atoms with Crippen LogP contribution in [0, 0.1) is 12.8 Å². The summed E-state index contributed by atoms with van der Waals surface area (Å²) in [5.41, 5.74) is 1.72. The predicted octanol–water partition coefficient (Wildman–Crippen LogP) is 2.14. The van der Waals surface area contributed by atoms with Crippen LogP contribution in [0.1, 0.15) is 36.7 Å². The summed E-state index contributed by atoms with van der Waals surface area (Å²) in [7, 11) is -3.31. The Bertz CT molecular complexity index is 594. The molecule has 0 saturated heterocycles. The average molecular weight is 298 g/mol. The van der Waals surface area contributed by atoms with Crippen LogP contribution in [0.5, 0.6) is 0 Å². The van der Waals surface area contributed by atoms with Crippen LogP contribution in [-0.4, -0.2) is 26.6 Å². The molecule has 0 bridgehead atoms. The Morgan fingerprint density at radius 3 is 2.25 bits per heavy atom. The van der Waals surface area contributed by atoms with Crippen molar-refractivity contribution in [3.05, 3.63) is 29.3 Å². The van der Waals surface area contributed by atoms with E-state index in [-0.39, 0.29) is 11.9 Å². The second kappa shape index (κ2) is 6.26. The SMILES string of the molecule is Cc1cc(C(=O)NC(C)C(C)C)ccc1NS(C)(=O)=O. The van der Waals surface area contributed by atoms with Crippen LogP contribution >= 0.6 is 0 Å². The molecule has 1 amide bonds. The minimum absolute atomic E-state index is 0.0802. The second-order valence-electron chi connectivity index (χ2n) is 5.41. The van der Waals surface area contributed by atoms with Crippen LogP contribution < -0.4 is 10.0 Å². The summed E-state index contributed by atoms with van der Waals surface area (Å²) < 4.78 is 24.8. The molecule has 0 heterocycles. The van der Waals surface area contributed by atoms with Gasteiger partial charge >= 0.3 is 0 Å². The first-order chi connectivity index (χ1) is 9.10. The molecule has 0 saturated carbocycles. The molecular weight excluding hydrogens is 276 g/mol. The van der Waals surface area contributed by atoms with E-state index in [0.717, 1.165) is 6.26 Å². The third-order valence-electron chi connectivity index (χ3n) is 3.14. The molecule has 1 aromatic rings. The molecular formula is C14H22N2O3S. The van der Waals surface area contributed by atoms with E-state index in [2.05, 4.69) is 10.0 Å². The maximum Gasteiger partial charge on any atom is 0.251 e. The van der Waals surface area contributed by atoms with Crippen molar-refractivity contribution in [3.63, 3.8) is 0 Å². The summed E-state index contributed by atoms with van der Waals surface area (Å²) in [5.74, 6) is 0.200. The lowest BCUT2D eigenvalue weighted by atomic mass is 10.0. The monoisotopic (exact) mass is 298 g/mol. The van der Waals surface area contributed by atoms with Crippen LogP contribution in [0.4, 0.5) is 5.69 Å². The number of sulfonamides is 1. The Morgan fingerprint density at radius 2 is 1.80 bits per heavy atom. The minimum Gasteiger partial charge on any atom is -0.349 e. The highest BCUT2D eigenvalue weighted by Crippen LogP contribution is 2.18. The van der Waals surface area contributed by atoms with Crippen LogP contribution in [0.15, 0.2) is 18.2 Å². The first kappa shape index (κ1) is 16.5. The third-order valence-corrected chi connectivity index (χ3v) is 3.73. The van der Waals surface area contributed by atoms with Gasteiger partial charge in [-0.2, -0.15) is 0 Å². The van der Waals surface area contributed by atoms with Crippen molar-refractivity contribution in [2.75, 3.05) is 11.0 Å². The van der Waals surface area contributed by atoms with Crippen LogP contribution in [0.2, 0.25) is 0 Å². The van der Waals surface area contributed by atoms with Gasteiger partial charge in [0.05, 0.1) is 11.9 Å². The molecule has 6 heteroatoms. The van der Waals surface area contributed by atoms with E-state index < -0.39 is 10.0 Å². The molecule has 0 aliphatic rings. The summed E-state index contributed by atoms with van der Waals surface area (Å²) in [5, 5.41) is 2.91. The number of hydrogen-bond donors (Lipinski definition) is 2. The zero-order valence-corrected chi connectivity index (χ0v) is 13.3. The second-order valence-corrected chi connectivity index (χ2v) is 7.16. The number of benzene rings is 1. The van der Waals surface area contributed by atoms with Gasteiger partial charge in [0.25, 0.3) is 5.91 Å².